The molecule has 0 saturated carbocycles. The summed E-state index contributed by atoms with van der Waals surface area (Å²) in [5.41, 5.74) is 5.16. The van der Waals surface area contributed by atoms with Gasteiger partial charge in [-0.05, 0) is 48.2 Å². The maximum Gasteiger partial charge on any atom is 0.227 e. The van der Waals surface area contributed by atoms with Crippen molar-refractivity contribution in [3.05, 3.63) is 57.1 Å². The summed E-state index contributed by atoms with van der Waals surface area (Å²) in [6.45, 7) is 5.01. The largest absolute Gasteiger partial charge is 0.368 e. The molecule has 162 valence electrons. The van der Waals surface area contributed by atoms with E-state index in [1.54, 1.807) is 6.07 Å². The number of anilines is 2. The molecular formula is C24H25Cl2N3O2. The van der Waals surface area contributed by atoms with Crippen LogP contribution in [-0.4, -0.2) is 55.9 Å². The number of carbonyl (C=O) groups excluding carboxylic acids is 2. The highest BCUT2D eigenvalue weighted by Gasteiger charge is 2.32. The molecule has 0 radical (unpaired) electrons. The van der Waals surface area contributed by atoms with Gasteiger partial charge >= 0.3 is 0 Å². The summed E-state index contributed by atoms with van der Waals surface area (Å²) in [5, 5.41) is 1.18. The molecule has 7 heteroatoms. The van der Waals surface area contributed by atoms with Crippen LogP contribution in [0.1, 0.15) is 34.3 Å². The molecule has 0 spiro atoms. The van der Waals surface area contributed by atoms with Crippen molar-refractivity contribution < 1.29 is 9.59 Å². The lowest BCUT2D eigenvalue weighted by molar-refractivity contribution is -0.118. The maximum absolute atomic E-state index is 12.9. The highest BCUT2D eigenvalue weighted by molar-refractivity contribution is 6.43. The second-order valence-corrected chi connectivity index (χ2v) is 9.30. The van der Waals surface area contributed by atoms with E-state index in [1.165, 1.54) is 0 Å². The first kappa shape index (κ1) is 20.8. The zero-order chi connectivity index (χ0) is 21.5. The predicted molar refractivity (Wildman–Crippen MR) is 125 cm³/mol. The lowest BCUT2D eigenvalue weighted by Gasteiger charge is -2.36. The summed E-state index contributed by atoms with van der Waals surface area (Å²) in [7, 11) is 0. The van der Waals surface area contributed by atoms with Crippen LogP contribution in [0.15, 0.2) is 30.3 Å². The van der Waals surface area contributed by atoms with Gasteiger partial charge in [0.1, 0.15) is 0 Å². The van der Waals surface area contributed by atoms with Gasteiger partial charge < -0.3 is 9.80 Å². The van der Waals surface area contributed by atoms with E-state index in [9.17, 15) is 9.59 Å². The number of carbonyl (C=O) groups is 2. The topological polar surface area (TPSA) is 43.9 Å². The summed E-state index contributed by atoms with van der Waals surface area (Å²) in [5.74, 6) is 0.401. The van der Waals surface area contributed by atoms with Crippen molar-refractivity contribution in [1.29, 1.82) is 0 Å². The molecule has 2 aromatic carbocycles. The van der Waals surface area contributed by atoms with Gasteiger partial charge in [0.25, 0.3) is 0 Å². The van der Waals surface area contributed by atoms with Crippen molar-refractivity contribution in [1.82, 2.24) is 4.90 Å². The van der Waals surface area contributed by atoms with Gasteiger partial charge in [-0.25, -0.2) is 0 Å². The summed E-state index contributed by atoms with van der Waals surface area (Å²) < 4.78 is 0. The Bertz CT molecular complexity index is 1050. The number of rotatable bonds is 5. The SMILES string of the molecule is O=C(CCN1CCN(c2cccc(Cl)c2Cl)CC1)c1cc2c3c(c1)CCN3C(=O)CC2. The van der Waals surface area contributed by atoms with Crippen LogP contribution in [0.5, 0.6) is 0 Å². The van der Waals surface area contributed by atoms with Crippen LogP contribution in [0.4, 0.5) is 11.4 Å². The zero-order valence-electron chi connectivity index (χ0n) is 17.4. The molecule has 1 fully saturated rings. The molecule has 0 atom stereocenters. The van der Waals surface area contributed by atoms with Crippen molar-refractivity contribution in [2.75, 3.05) is 49.1 Å². The van der Waals surface area contributed by atoms with Gasteiger partial charge in [-0.3, -0.25) is 14.5 Å². The number of ketones is 1. The predicted octanol–water partition coefficient (Wildman–Crippen LogP) is 4.22. The van der Waals surface area contributed by atoms with Crippen molar-refractivity contribution in [2.45, 2.75) is 25.7 Å². The molecule has 0 aliphatic carbocycles. The minimum Gasteiger partial charge on any atom is -0.368 e. The molecular weight excluding hydrogens is 433 g/mol. The molecule has 3 aliphatic rings. The quantitative estimate of drug-likeness (QED) is 0.630. The zero-order valence-corrected chi connectivity index (χ0v) is 18.9. The van der Waals surface area contributed by atoms with Crippen molar-refractivity contribution in [2.24, 2.45) is 0 Å². The average Bonchev–Trinajstić information content (AvgIpc) is 3.22. The highest BCUT2D eigenvalue weighted by atomic mass is 35.5. The van der Waals surface area contributed by atoms with E-state index in [0.717, 1.165) is 80.2 Å². The molecule has 5 rings (SSSR count). The summed E-state index contributed by atoms with van der Waals surface area (Å²) in [4.78, 5) is 31.5. The van der Waals surface area contributed by atoms with Gasteiger partial charge in [0, 0.05) is 57.7 Å². The number of hydrogen-bond donors (Lipinski definition) is 0. The Morgan fingerprint density at radius 3 is 2.45 bits per heavy atom. The van der Waals surface area contributed by atoms with Crippen molar-refractivity contribution in [3.8, 4) is 0 Å². The molecule has 3 heterocycles. The number of nitrogens with zero attached hydrogens (tertiary/aromatic N) is 3. The lowest BCUT2D eigenvalue weighted by Crippen LogP contribution is -2.47. The first-order chi connectivity index (χ1) is 15.0. The Kier molecular flexibility index (Phi) is 5.67. The number of hydrogen-bond acceptors (Lipinski definition) is 4. The normalized spacial score (nSPS) is 18.5. The minimum atomic E-state index is 0.190. The lowest BCUT2D eigenvalue weighted by atomic mass is 9.94. The van der Waals surface area contributed by atoms with Gasteiger partial charge in [0.15, 0.2) is 5.78 Å². The van der Waals surface area contributed by atoms with Gasteiger partial charge in [0.05, 0.1) is 21.4 Å². The molecule has 0 aromatic heterocycles. The van der Waals surface area contributed by atoms with E-state index in [-0.39, 0.29) is 11.7 Å². The van der Waals surface area contributed by atoms with Crippen LogP contribution in [-0.2, 0) is 17.6 Å². The van der Waals surface area contributed by atoms with Crippen LogP contribution in [0.3, 0.4) is 0 Å². The molecule has 1 saturated heterocycles. The Balaban J connectivity index is 1.19. The second kappa shape index (κ2) is 8.45. The first-order valence-corrected chi connectivity index (χ1v) is 11.7. The van der Waals surface area contributed by atoms with Gasteiger partial charge in [0.2, 0.25) is 5.91 Å². The third-order valence-corrected chi connectivity index (χ3v) is 7.48. The fourth-order valence-electron chi connectivity index (χ4n) is 4.97. The average molecular weight is 458 g/mol. The van der Waals surface area contributed by atoms with E-state index in [0.29, 0.717) is 22.9 Å². The van der Waals surface area contributed by atoms with E-state index >= 15 is 0 Å². The summed E-state index contributed by atoms with van der Waals surface area (Å²) in [6.07, 6.45) is 2.65. The van der Waals surface area contributed by atoms with Crippen LogP contribution < -0.4 is 9.80 Å². The molecule has 0 N–H and O–H groups in total. The summed E-state index contributed by atoms with van der Waals surface area (Å²) in [6, 6.07) is 9.76. The third kappa shape index (κ3) is 3.95. The molecule has 0 bridgehead atoms. The number of aryl methyl sites for hydroxylation is 1. The minimum absolute atomic E-state index is 0.190. The van der Waals surface area contributed by atoms with E-state index < -0.39 is 0 Å². The number of halogens is 2. The molecule has 3 aliphatic heterocycles. The number of piperazine rings is 1. The van der Waals surface area contributed by atoms with E-state index in [4.69, 9.17) is 23.2 Å². The van der Waals surface area contributed by atoms with Crippen LogP contribution in [0.2, 0.25) is 10.0 Å². The van der Waals surface area contributed by atoms with Crippen LogP contribution >= 0.6 is 23.2 Å². The molecule has 2 aromatic rings. The number of Topliss-reactive ketones (excluding diaryl/α,β-unsaturated/α-hetero) is 1. The van der Waals surface area contributed by atoms with Gasteiger partial charge in [-0.15, -0.1) is 0 Å². The number of amides is 1. The van der Waals surface area contributed by atoms with Crippen LogP contribution in [0.25, 0.3) is 0 Å². The smallest absolute Gasteiger partial charge is 0.227 e. The fraction of sp³-hybridized carbons (Fsp3) is 0.417. The van der Waals surface area contributed by atoms with Crippen molar-refractivity contribution in [3.63, 3.8) is 0 Å². The first-order valence-electron chi connectivity index (χ1n) is 10.9. The van der Waals surface area contributed by atoms with E-state index in [2.05, 4.69) is 9.80 Å². The Morgan fingerprint density at radius 2 is 1.68 bits per heavy atom. The molecule has 5 nitrogen and oxygen atoms in total. The van der Waals surface area contributed by atoms with Gasteiger partial charge in [-0.2, -0.15) is 0 Å². The molecule has 1 amide bonds. The highest BCUT2D eigenvalue weighted by Crippen LogP contribution is 2.38. The third-order valence-electron chi connectivity index (χ3n) is 6.67. The Hall–Kier alpha value is -2.08. The molecule has 31 heavy (non-hydrogen) atoms. The van der Waals surface area contributed by atoms with Crippen LogP contribution in [0, 0.1) is 0 Å². The standard InChI is InChI=1S/C24H25Cl2N3O2/c25-19-2-1-3-20(23(19)26)28-12-10-27(11-13-28)8-7-21(30)18-14-16-4-5-22(31)29-9-6-17(15-18)24(16)29/h1-3,14-15H,4-13H2. The Morgan fingerprint density at radius 1 is 0.935 bits per heavy atom. The second-order valence-electron chi connectivity index (χ2n) is 8.51. The Labute approximate surface area is 192 Å². The monoisotopic (exact) mass is 457 g/mol. The maximum atomic E-state index is 12.9. The van der Waals surface area contributed by atoms with Gasteiger partial charge in [-0.1, -0.05) is 29.3 Å². The van der Waals surface area contributed by atoms with E-state index in [1.807, 2.05) is 29.2 Å². The number of benzene rings is 2. The molecule has 0 unspecified atom stereocenters. The fourth-order valence-corrected chi connectivity index (χ4v) is 5.39. The van der Waals surface area contributed by atoms with Crippen molar-refractivity contribution >= 4 is 46.3 Å². The summed E-state index contributed by atoms with van der Waals surface area (Å²) >= 11 is 12.5.